The molecule has 0 saturated heterocycles. The second-order valence-electron chi connectivity index (χ2n) is 7.40. The van der Waals surface area contributed by atoms with Gasteiger partial charge in [-0.25, -0.2) is 18.1 Å². The normalized spacial score (nSPS) is 19.2. The highest BCUT2D eigenvalue weighted by Crippen LogP contribution is 2.20. The minimum absolute atomic E-state index is 0.0897. The van der Waals surface area contributed by atoms with Crippen LogP contribution in [-0.4, -0.2) is 37.6 Å². The maximum absolute atomic E-state index is 12.6. The molecule has 30 heavy (non-hydrogen) atoms. The van der Waals surface area contributed by atoms with Gasteiger partial charge in [0.25, 0.3) is 5.91 Å². The van der Waals surface area contributed by atoms with Crippen LogP contribution in [0.15, 0.2) is 41.4 Å². The van der Waals surface area contributed by atoms with Gasteiger partial charge in [-0.3, -0.25) is 4.79 Å². The highest BCUT2D eigenvalue weighted by Gasteiger charge is 2.24. The Bertz CT molecular complexity index is 1020. The number of nitrogens with one attached hydrogen (secondary N) is 3. The van der Waals surface area contributed by atoms with Gasteiger partial charge >= 0.3 is 0 Å². The van der Waals surface area contributed by atoms with E-state index in [4.69, 9.17) is 16.9 Å². The zero-order valence-electron chi connectivity index (χ0n) is 16.5. The number of benzene rings is 1. The van der Waals surface area contributed by atoms with Gasteiger partial charge in [-0.2, -0.15) is 0 Å². The molecule has 9 nitrogen and oxygen atoms in total. The number of rotatable bonds is 7. The van der Waals surface area contributed by atoms with Crippen LogP contribution in [0.25, 0.3) is 0 Å². The van der Waals surface area contributed by atoms with E-state index in [0.29, 0.717) is 11.1 Å². The molecule has 1 saturated carbocycles. The maximum atomic E-state index is 12.6. The third kappa shape index (κ3) is 5.41. The number of nitrogens with two attached hydrogens (primary N) is 2. The summed E-state index contributed by atoms with van der Waals surface area (Å²) in [7, 11) is -3.60. The number of aromatic nitrogens is 1. The van der Waals surface area contributed by atoms with Crippen molar-refractivity contribution in [2.24, 2.45) is 5.73 Å². The smallest absolute Gasteiger partial charge is 0.253 e. The van der Waals surface area contributed by atoms with Crippen molar-refractivity contribution in [2.45, 2.75) is 49.2 Å². The molecule has 0 radical (unpaired) electrons. The van der Waals surface area contributed by atoms with Gasteiger partial charge in [0, 0.05) is 36.6 Å². The van der Waals surface area contributed by atoms with Gasteiger partial charge < -0.3 is 22.2 Å². The molecule has 1 aromatic carbocycles. The van der Waals surface area contributed by atoms with E-state index in [0.717, 1.165) is 37.5 Å². The molecular formula is C20H26N6O3S. The third-order valence-electron chi connectivity index (χ3n) is 5.15. The van der Waals surface area contributed by atoms with Gasteiger partial charge in [0.1, 0.15) is 5.82 Å². The fourth-order valence-electron chi connectivity index (χ4n) is 3.33. The number of nitrogens with zero attached hydrogens (tertiary/aromatic N) is 1. The molecule has 0 spiro atoms. The molecule has 3 rings (SSSR count). The van der Waals surface area contributed by atoms with E-state index in [9.17, 15) is 13.2 Å². The second kappa shape index (κ2) is 9.33. The topological polar surface area (TPSA) is 164 Å². The Morgan fingerprint density at radius 1 is 1.20 bits per heavy atom. The summed E-state index contributed by atoms with van der Waals surface area (Å²) in [6, 6.07) is 7.93. The standard InChI is InChI=1S/C20H26N6O3S/c21-10-14-9-15(12-24-19(14)23)20(27)25-11-13-1-7-18(8-2-13)30(28,29)26-17-5-3-16(22)4-6-17/h1-2,7-10,12,16-17,21,26H,3-6,11,22H2,(H2,23,24)(H,25,27). The zero-order chi connectivity index (χ0) is 21.7. The van der Waals surface area contributed by atoms with Gasteiger partial charge in [-0.15, -0.1) is 0 Å². The van der Waals surface area contributed by atoms with Crippen LogP contribution in [0.2, 0.25) is 0 Å². The van der Waals surface area contributed by atoms with Crippen molar-refractivity contribution in [1.29, 1.82) is 5.41 Å². The van der Waals surface area contributed by atoms with Gasteiger partial charge in [0.05, 0.1) is 10.5 Å². The monoisotopic (exact) mass is 430 g/mol. The lowest BCUT2D eigenvalue weighted by molar-refractivity contribution is 0.0950. The summed E-state index contributed by atoms with van der Waals surface area (Å²) in [4.78, 5) is 16.4. The number of hydrogen-bond donors (Lipinski definition) is 5. The van der Waals surface area contributed by atoms with E-state index in [1.54, 1.807) is 12.1 Å². The molecule has 1 aromatic heterocycles. The molecule has 160 valence electrons. The van der Waals surface area contributed by atoms with E-state index < -0.39 is 10.0 Å². The highest BCUT2D eigenvalue weighted by atomic mass is 32.2. The van der Waals surface area contributed by atoms with E-state index in [-0.39, 0.29) is 35.2 Å². The van der Waals surface area contributed by atoms with E-state index in [1.165, 1.54) is 24.4 Å². The number of hydrogen-bond acceptors (Lipinski definition) is 7. The van der Waals surface area contributed by atoms with Crippen LogP contribution in [0.1, 0.15) is 47.2 Å². The summed E-state index contributed by atoms with van der Waals surface area (Å²) in [6.07, 6.45) is 5.49. The molecule has 0 bridgehead atoms. The number of carbonyl (C=O) groups is 1. The Labute approximate surface area is 175 Å². The average molecular weight is 431 g/mol. The fraction of sp³-hybridized carbons (Fsp3) is 0.350. The fourth-order valence-corrected chi connectivity index (χ4v) is 4.63. The predicted molar refractivity (Wildman–Crippen MR) is 115 cm³/mol. The lowest BCUT2D eigenvalue weighted by atomic mass is 9.93. The molecule has 2 aromatic rings. The predicted octanol–water partition coefficient (Wildman–Crippen LogP) is 1.14. The summed E-state index contributed by atoms with van der Waals surface area (Å²) in [5, 5.41) is 10.0. The second-order valence-corrected chi connectivity index (χ2v) is 9.12. The molecule has 7 N–H and O–H groups in total. The Balaban J connectivity index is 1.59. The van der Waals surface area contributed by atoms with Gasteiger partial charge in [0.2, 0.25) is 10.0 Å². The van der Waals surface area contributed by atoms with Crippen molar-refractivity contribution < 1.29 is 13.2 Å². The first-order chi connectivity index (χ1) is 14.3. The largest absolute Gasteiger partial charge is 0.383 e. The Morgan fingerprint density at radius 3 is 2.50 bits per heavy atom. The summed E-state index contributed by atoms with van der Waals surface area (Å²) >= 11 is 0. The van der Waals surface area contributed by atoms with Crippen LogP contribution in [0.5, 0.6) is 0 Å². The van der Waals surface area contributed by atoms with Crippen molar-refractivity contribution in [3.63, 3.8) is 0 Å². The molecule has 1 aliphatic carbocycles. The quantitative estimate of drug-likeness (QED) is 0.413. The van der Waals surface area contributed by atoms with Crippen LogP contribution >= 0.6 is 0 Å². The van der Waals surface area contributed by atoms with Crippen molar-refractivity contribution in [1.82, 2.24) is 15.0 Å². The van der Waals surface area contributed by atoms with Crippen LogP contribution < -0.4 is 21.5 Å². The van der Waals surface area contributed by atoms with Gasteiger partial charge in [-0.1, -0.05) is 12.1 Å². The molecule has 1 aliphatic rings. The molecule has 0 aliphatic heterocycles. The molecule has 1 heterocycles. The summed E-state index contributed by atoms with van der Waals surface area (Å²) < 4.78 is 27.9. The van der Waals surface area contributed by atoms with Crippen molar-refractivity contribution in [2.75, 3.05) is 5.73 Å². The number of carbonyl (C=O) groups excluding carboxylic acids is 1. The van der Waals surface area contributed by atoms with Gasteiger partial charge in [-0.05, 0) is 49.4 Å². The Hall–Kier alpha value is -2.82. The highest BCUT2D eigenvalue weighted by molar-refractivity contribution is 7.89. The third-order valence-corrected chi connectivity index (χ3v) is 6.68. The minimum atomic E-state index is -3.60. The molecule has 10 heteroatoms. The zero-order valence-corrected chi connectivity index (χ0v) is 17.3. The lowest BCUT2D eigenvalue weighted by Crippen LogP contribution is -2.40. The summed E-state index contributed by atoms with van der Waals surface area (Å²) in [5.74, 6) is -0.178. The van der Waals surface area contributed by atoms with Gasteiger partial charge in [0.15, 0.2) is 0 Å². The number of amides is 1. The molecule has 1 fully saturated rings. The van der Waals surface area contributed by atoms with Crippen molar-refractivity contribution in [3.05, 3.63) is 53.2 Å². The molecular weight excluding hydrogens is 404 g/mol. The van der Waals surface area contributed by atoms with Crippen LogP contribution in [0, 0.1) is 5.41 Å². The molecule has 0 atom stereocenters. The number of nitrogen functional groups attached to an aromatic ring is 1. The van der Waals surface area contributed by atoms with E-state index >= 15 is 0 Å². The maximum Gasteiger partial charge on any atom is 0.253 e. The first-order valence-corrected chi connectivity index (χ1v) is 11.2. The van der Waals surface area contributed by atoms with Crippen LogP contribution in [-0.2, 0) is 16.6 Å². The average Bonchev–Trinajstić information content (AvgIpc) is 2.74. The van der Waals surface area contributed by atoms with Crippen LogP contribution in [0.4, 0.5) is 5.82 Å². The SMILES string of the molecule is N=Cc1cc(C(=O)NCc2ccc(S(=O)(=O)NC3CCC(N)CC3)cc2)cnc1N. The summed E-state index contributed by atoms with van der Waals surface area (Å²) in [5.41, 5.74) is 12.9. The number of pyridine rings is 1. The van der Waals surface area contributed by atoms with Crippen molar-refractivity contribution in [3.8, 4) is 0 Å². The first-order valence-electron chi connectivity index (χ1n) is 9.69. The van der Waals surface area contributed by atoms with Crippen LogP contribution in [0.3, 0.4) is 0 Å². The lowest BCUT2D eigenvalue weighted by Gasteiger charge is -2.26. The van der Waals surface area contributed by atoms with Crippen molar-refractivity contribution >= 4 is 28.0 Å². The van der Waals surface area contributed by atoms with E-state index in [1.807, 2.05) is 0 Å². The Morgan fingerprint density at radius 2 is 1.87 bits per heavy atom. The minimum Gasteiger partial charge on any atom is -0.383 e. The number of sulfonamides is 1. The van der Waals surface area contributed by atoms with E-state index in [2.05, 4.69) is 15.0 Å². The Kier molecular flexibility index (Phi) is 6.80. The first kappa shape index (κ1) is 21.9. The number of anilines is 1. The molecule has 1 amide bonds. The molecule has 0 unspecified atom stereocenters. The summed E-state index contributed by atoms with van der Waals surface area (Å²) in [6.45, 7) is 0.220.